The minimum absolute atomic E-state index is 0.0958. The van der Waals surface area contributed by atoms with Gasteiger partial charge in [-0.1, -0.05) is 30.3 Å². The molecule has 5 heteroatoms. The summed E-state index contributed by atoms with van der Waals surface area (Å²) in [6.07, 6.45) is 0.554. The third-order valence-electron chi connectivity index (χ3n) is 4.36. The van der Waals surface area contributed by atoms with Gasteiger partial charge in [0.2, 0.25) is 5.91 Å². The molecule has 0 N–H and O–H groups in total. The second kappa shape index (κ2) is 6.35. The van der Waals surface area contributed by atoms with Gasteiger partial charge in [-0.15, -0.1) is 0 Å². The van der Waals surface area contributed by atoms with E-state index in [0.717, 1.165) is 5.56 Å². The Hall–Kier alpha value is -2.82. The molecule has 2 aromatic rings. The Balaban J connectivity index is 1.98. The first-order valence-corrected chi connectivity index (χ1v) is 7.70. The first-order valence-electron chi connectivity index (χ1n) is 7.70. The number of amides is 1. The first kappa shape index (κ1) is 16.1. The lowest BCUT2D eigenvalue weighted by Crippen LogP contribution is -2.69. The molecule has 0 aliphatic carbocycles. The molecule has 1 heterocycles. The van der Waals surface area contributed by atoms with E-state index in [4.69, 9.17) is 9.47 Å². The highest BCUT2D eigenvalue weighted by atomic mass is 16.5. The molecule has 1 fully saturated rings. The Labute approximate surface area is 140 Å². The lowest BCUT2D eigenvalue weighted by atomic mass is 9.78. The highest BCUT2D eigenvalue weighted by molar-refractivity contribution is 6.12. The summed E-state index contributed by atoms with van der Waals surface area (Å²) in [5.74, 6) is 0.196. The van der Waals surface area contributed by atoms with E-state index in [1.807, 2.05) is 30.3 Å². The van der Waals surface area contributed by atoms with Crippen LogP contribution in [0.5, 0.6) is 5.75 Å². The number of benzene rings is 2. The molecule has 24 heavy (non-hydrogen) atoms. The molecule has 0 unspecified atom stereocenters. The summed E-state index contributed by atoms with van der Waals surface area (Å²) in [6, 6.07) is 16.7. The van der Waals surface area contributed by atoms with E-state index >= 15 is 0 Å². The number of β-lactam (4-membered cyclic amide) rings is 1. The number of methoxy groups -OCH3 is 2. The van der Waals surface area contributed by atoms with Gasteiger partial charge in [0.15, 0.2) is 5.54 Å². The van der Waals surface area contributed by atoms with Gasteiger partial charge < -0.3 is 9.47 Å². The van der Waals surface area contributed by atoms with Gasteiger partial charge in [-0.3, -0.25) is 9.69 Å². The number of ether oxygens (including phenoxy) is 2. The maximum atomic E-state index is 12.5. The van der Waals surface area contributed by atoms with Crippen LogP contribution in [-0.2, 0) is 20.7 Å². The van der Waals surface area contributed by atoms with E-state index in [0.29, 0.717) is 17.9 Å². The van der Waals surface area contributed by atoms with Gasteiger partial charge in [0.25, 0.3) is 0 Å². The maximum absolute atomic E-state index is 12.5. The molecule has 0 bridgehead atoms. The molecule has 124 valence electrons. The summed E-state index contributed by atoms with van der Waals surface area (Å²) in [5, 5.41) is 0. The van der Waals surface area contributed by atoms with Crippen molar-refractivity contribution in [1.29, 1.82) is 0 Å². The highest BCUT2D eigenvalue weighted by Crippen LogP contribution is 2.41. The van der Waals surface area contributed by atoms with E-state index < -0.39 is 11.5 Å². The fourth-order valence-corrected chi connectivity index (χ4v) is 3.18. The summed E-state index contributed by atoms with van der Waals surface area (Å²) in [7, 11) is 2.93. The monoisotopic (exact) mass is 325 g/mol. The molecule has 1 aliphatic heterocycles. The van der Waals surface area contributed by atoms with Crippen molar-refractivity contribution in [2.24, 2.45) is 0 Å². The first-order chi connectivity index (χ1) is 11.6. The van der Waals surface area contributed by atoms with Crippen molar-refractivity contribution in [3.8, 4) is 5.75 Å². The van der Waals surface area contributed by atoms with Crippen molar-refractivity contribution in [1.82, 2.24) is 0 Å². The number of hydrogen-bond acceptors (Lipinski definition) is 4. The molecule has 1 saturated heterocycles. The Morgan fingerprint density at radius 2 is 1.75 bits per heavy atom. The van der Waals surface area contributed by atoms with E-state index in [1.54, 1.807) is 31.4 Å². The van der Waals surface area contributed by atoms with Crippen LogP contribution in [0.15, 0.2) is 54.6 Å². The number of nitrogens with zero attached hydrogens (tertiary/aromatic N) is 1. The van der Waals surface area contributed by atoms with Crippen LogP contribution >= 0.6 is 0 Å². The summed E-state index contributed by atoms with van der Waals surface area (Å²) < 4.78 is 10.2. The molecule has 0 radical (unpaired) electrons. The molecule has 2 aromatic carbocycles. The molecular weight excluding hydrogens is 306 g/mol. The largest absolute Gasteiger partial charge is 0.497 e. The van der Waals surface area contributed by atoms with Crippen LogP contribution in [0.3, 0.4) is 0 Å². The SMILES string of the molecule is COC(=O)[C@@]1(Cc2ccccc2)CC(=O)N1c1ccc(OC)cc1. The Morgan fingerprint density at radius 1 is 1.08 bits per heavy atom. The molecule has 0 saturated carbocycles. The summed E-state index contributed by atoms with van der Waals surface area (Å²) in [6.45, 7) is 0. The third kappa shape index (κ3) is 2.62. The van der Waals surface area contributed by atoms with Crippen LogP contribution in [0, 0.1) is 0 Å². The van der Waals surface area contributed by atoms with Crippen LogP contribution in [-0.4, -0.2) is 31.6 Å². The molecular formula is C19H19NO4. The Morgan fingerprint density at radius 3 is 2.29 bits per heavy atom. The third-order valence-corrected chi connectivity index (χ3v) is 4.36. The average Bonchev–Trinajstić information content (AvgIpc) is 2.61. The average molecular weight is 325 g/mol. The molecule has 5 nitrogen and oxygen atoms in total. The van der Waals surface area contributed by atoms with Crippen molar-refractivity contribution >= 4 is 17.6 Å². The van der Waals surface area contributed by atoms with Crippen molar-refractivity contribution in [2.75, 3.05) is 19.1 Å². The second-order valence-corrected chi connectivity index (χ2v) is 5.79. The van der Waals surface area contributed by atoms with E-state index in [2.05, 4.69) is 0 Å². The van der Waals surface area contributed by atoms with Gasteiger partial charge in [-0.25, -0.2) is 4.79 Å². The minimum Gasteiger partial charge on any atom is -0.497 e. The molecule has 1 aliphatic rings. The zero-order valence-corrected chi connectivity index (χ0v) is 13.7. The van der Waals surface area contributed by atoms with Crippen LogP contribution in [0.1, 0.15) is 12.0 Å². The van der Waals surface area contributed by atoms with E-state index in [1.165, 1.54) is 12.0 Å². The maximum Gasteiger partial charge on any atom is 0.333 e. The van der Waals surface area contributed by atoms with Crippen LogP contribution in [0.25, 0.3) is 0 Å². The van der Waals surface area contributed by atoms with Crippen molar-refractivity contribution in [3.63, 3.8) is 0 Å². The minimum atomic E-state index is -0.998. The molecule has 0 spiro atoms. The Kier molecular flexibility index (Phi) is 4.25. The van der Waals surface area contributed by atoms with Crippen molar-refractivity contribution < 1.29 is 19.1 Å². The number of carbonyl (C=O) groups excluding carboxylic acids is 2. The second-order valence-electron chi connectivity index (χ2n) is 5.79. The summed E-state index contributed by atoms with van der Waals surface area (Å²) in [4.78, 5) is 26.4. The van der Waals surface area contributed by atoms with Crippen molar-refractivity contribution in [3.05, 3.63) is 60.2 Å². The van der Waals surface area contributed by atoms with E-state index in [9.17, 15) is 9.59 Å². The predicted octanol–water partition coefficient (Wildman–Crippen LogP) is 2.59. The van der Waals surface area contributed by atoms with Crippen LogP contribution in [0.4, 0.5) is 5.69 Å². The van der Waals surface area contributed by atoms with Crippen molar-refractivity contribution in [2.45, 2.75) is 18.4 Å². The highest BCUT2D eigenvalue weighted by Gasteiger charge is 2.58. The molecule has 3 rings (SSSR count). The van der Waals surface area contributed by atoms with Gasteiger partial charge in [0, 0.05) is 12.1 Å². The lowest BCUT2D eigenvalue weighted by molar-refractivity contribution is -0.155. The standard InChI is InChI=1S/C19H19NO4/c1-23-16-10-8-15(9-11-16)20-17(21)13-19(20,18(22)24-2)12-14-6-4-3-5-7-14/h3-11H,12-13H2,1-2H3/t19-/m1/s1. The topological polar surface area (TPSA) is 55.8 Å². The quantitative estimate of drug-likeness (QED) is 0.626. The van der Waals surface area contributed by atoms with Crippen LogP contribution < -0.4 is 9.64 Å². The summed E-state index contributed by atoms with van der Waals surface area (Å²) in [5.41, 5.74) is 0.643. The normalized spacial score (nSPS) is 19.6. The van der Waals surface area contributed by atoms with Gasteiger partial charge in [-0.2, -0.15) is 0 Å². The fraction of sp³-hybridized carbons (Fsp3) is 0.263. The molecule has 1 amide bonds. The zero-order valence-electron chi connectivity index (χ0n) is 13.7. The summed E-state index contributed by atoms with van der Waals surface area (Å²) >= 11 is 0. The van der Waals surface area contributed by atoms with Crippen LogP contribution in [0.2, 0.25) is 0 Å². The molecule has 0 aromatic heterocycles. The molecule has 1 atom stereocenters. The lowest BCUT2D eigenvalue weighted by Gasteiger charge is -2.49. The number of rotatable bonds is 5. The van der Waals surface area contributed by atoms with Gasteiger partial charge in [0.05, 0.1) is 20.6 Å². The number of esters is 1. The van der Waals surface area contributed by atoms with E-state index in [-0.39, 0.29) is 12.3 Å². The Bertz CT molecular complexity index is 742. The zero-order chi connectivity index (χ0) is 17.2. The fourth-order valence-electron chi connectivity index (χ4n) is 3.18. The van der Waals surface area contributed by atoms with Gasteiger partial charge >= 0.3 is 5.97 Å². The van der Waals surface area contributed by atoms with Gasteiger partial charge in [0.1, 0.15) is 5.75 Å². The smallest absolute Gasteiger partial charge is 0.333 e. The van der Waals surface area contributed by atoms with Gasteiger partial charge in [-0.05, 0) is 29.8 Å². The predicted molar refractivity (Wildman–Crippen MR) is 90.0 cm³/mol. The number of hydrogen-bond donors (Lipinski definition) is 0. The number of anilines is 1. The number of carbonyl (C=O) groups is 2.